The van der Waals surface area contributed by atoms with Crippen LogP contribution in [0.1, 0.15) is 5.56 Å². The number of nitrogens with zero attached hydrogens (tertiary/aromatic N) is 2. The monoisotopic (exact) mass is 391 g/mol. The number of hydrogen-bond acceptors (Lipinski definition) is 6. The summed E-state index contributed by atoms with van der Waals surface area (Å²) in [7, 11) is 3.21. The predicted octanol–water partition coefficient (Wildman–Crippen LogP) is 4.52. The summed E-state index contributed by atoms with van der Waals surface area (Å²) in [5, 5.41) is 4.99. The lowest BCUT2D eigenvalue weighted by molar-refractivity contribution is 0.354. The van der Waals surface area contributed by atoms with Gasteiger partial charge in [0, 0.05) is 10.0 Å². The molecule has 1 heterocycles. The van der Waals surface area contributed by atoms with Crippen LogP contribution in [-0.4, -0.2) is 25.4 Å². The number of benzene rings is 2. The normalized spacial score (nSPS) is 11.1. The minimum Gasteiger partial charge on any atom is -0.493 e. The first-order valence-corrected chi connectivity index (χ1v) is 8.38. The van der Waals surface area contributed by atoms with Gasteiger partial charge in [-0.25, -0.2) is 4.98 Å². The van der Waals surface area contributed by atoms with Crippen molar-refractivity contribution in [1.29, 1.82) is 0 Å². The van der Waals surface area contributed by atoms with Crippen LogP contribution in [0.25, 0.3) is 10.2 Å². The molecule has 1 aromatic heterocycles. The van der Waals surface area contributed by atoms with Crippen LogP contribution in [0.3, 0.4) is 0 Å². The fourth-order valence-electron chi connectivity index (χ4n) is 2.05. The average Bonchev–Trinajstić information content (AvgIpc) is 2.98. The summed E-state index contributed by atoms with van der Waals surface area (Å²) in [5.41, 5.74) is 4.79. The molecular weight excluding hydrogens is 378 g/mol. The third kappa shape index (κ3) is 3.46. The first-order valence-electron chi connectivity index (χ1n) is 6.77. The van der Waals surface area contributed by atoms with Gasteiger partial charge < -0.3 is 9.47 Å². The Balaban J connectivity index is 1.79. The summed E-state index contributed by atoms with van der Waals surface area (Å²) in [4.78, 5) is 4.46. The van der Waals surface area contributed by atoms with Crippen molar-refractivity contribution in [2.24, 2.45) is 5.10 Å². The van der Waals surface area contributed by atoms with Gasteiger partial charge in [0.15, 0.2) is 11.5 Å². The number of fused-ring (bicyclic) bond motifs is 1. The van der Waals surface area contributed by atoms with Gasteiger partial charge in [-0.3, -0.25) is 5.43 Å². The van der Waals surface area contributed by atoms with Gasteiger partial charge in [-0.05, 0) is 40.2 Å². The van der Waals surface area contributed by atoms with Crippen molar-refractivity contribution in [2.45, 2.75) is 0 Å². The van der Waals surface area contributed by atoms with Gasteiger partial charge in [-0.15, -0.1) is 0 Å². The number of halogens is 1. The summed E-state index contributed by atoms with van der Waals surface area (Å²) in [6.45, 7) is 0. The van der Waals surface area contributed by atoms with Crippen LogP contribution in [0.5, 0.6) is 11.5 Å². The van der Waals surface area contributed by atoms with Crippen LogP contribution >= 0.6 is 27.3 Å². The van der Waals surface area contributed by atoms with Crippen LogP contribution in [0.15, 0.2) is 46.0 Å². The van der Waals surface area contributed by atoms with Crippen LogP contribution in [0.2, 0.25) is 0 Å². The zero-order valence-corrected chi connectivity index (χ0v) is 14.9. The van der Waals surface area contributed by atoms with Crippen molar-refractivity contribution >= 4 is 48.8 Å². The van der Waals surface area contributed by atoms with Gasteiger partial charge in [0.2, 0.25) is 5.13 Å². The summed E-state index contributed by atoms with van der Waals surface area (Å²) < 4.78 is 12.5. The van der Waals surface area contributed by atoms with E-state index >= 15 is 0 Å². The average molecular weight is 392 g/mol. The van der Waals surface area contributed by atoms with E-state index in [2.05, 4.69) is 31.4 Å². The van der Waals surface area contributed by atoms with Gasteiger partial charge in [0.1, 0.15) is 0 Å². The van der Waals surface area contributed by atoms with Crippen molar-refractivity contribution in [3.05, 3.63) is 46.4 Å². The number of anilines is 1. The smallest absolute Gasteiger partial charge is 0.204 e. The number of ether oxygens (including phenoxy) is 2. The second kappa shape index (κ2) is 6.97. The minimum atomic E-state index is 0.650. The topological polar surface area (TPSA) is 55.7 Å². The third-order valence-corrected chi connectivity index (χ3v) is 4.79. The molecule has 0 unspecified atom stereocenters. The van der Waals surface area contributed by atoms with Crippen LogP contribution in [0, 0.1) is 0 Å². The Morgan fingerprint density at radius 3 is 2.65 bits per heavy atom. The van der Waals surface area contributed by atoms with Crippen molar-refractivity contribution in [2.75, 3.05) is 19.6 Å². The SMILES string of the molecule is COc1cc(Br)c(/C=N\Nc2nc3ccccc3s2)cc1OC. The summed E-state index contributed by atoms with van der Waals surface area (Å²) in [6, 6.07) is 11.7. The summed E-state index contributed by atoms with van der Waals surface area (Å²) >= 11 is 5.06. The lowest BCUT2D eigenvalue weighted by Crippen LogP contribution is -1.95. The minimum absolute atomic E-state index is 0.650. The standard InChI is InChI=1S/C16H14BrN3O2S/c1-21-13-7-10(11(17)8-14(13)22-2)9-18-20-16-19-12-5-3-4-6-15(12)23-16/h3-9H,1-2H3,(H,19,20)/b18-9-. The van der Waals surface area contributed by atoms with Gasteiger partial charge in [-0.2, -0.15) is 5.10 Å². The number of para-hydroxylation sites is 1. The van der Waals surface area contributed by atoms with Gasteiger partial charge >= 0.3 is 0 Å². The highest BCUT2D eigenvalue weighted by atomic mass is 79.9. The number of methoxy groups -OCH3 is 2. The van der Waals surface area contributed by atoms with E-state index in [-0.39, 0.29) is 0 Å². The molecule has 0 amide bonds. The van der Waals surface area contributed by atoms with E-state index in [1.165, 1.54) is 0 Å². The van der Waals surface area contributed by atoms with Gasteiger partial charge in [-0.1, -0.05) is 23.5 Å². The van der Waals surface area contributed by atoms with Gasteiger partial charge in [0.25, 0.3) is 0 Å². The molecule has 0 aliphatic heterocycles. The molecule has 1 N–H and O–H groups in total. The Bertz CT molecular complexity index is 831. The highest BCUT2D eigenvalue weighted by molar-refractivity contribution is 9.10. The van der Waals surface area contributed by atoms with Crippen molar-refractivity contribution in [3.63, 3.8) is 0 Å². The molecule has 0 aliphatic rings. The Labute approximate surface area is 146 Å². The lowest BCUT2D eigenvalue weighted by Gasteiger charge is -2.09. The van der Waals surface area contributed by atoms with E-state index in [1.54, 1.807) is 31.8 Å². The fraction of sp³-hybridized carbons (Fsp3) is 0.125. The summed E-state index contributed by atoms with van der Waals surface area (Å²) in [6.07, 6.45) is 1.71. The molecule has 5 nitrogen and oxygen atoms in total. The quantitative estimate of drug-likeness (QED) is 0.512. The van der Waals surface area contributed by atoms with Crippen molar-refractivity contribution < 1.29 is 9.47 Å². The maximum absolute atomic E-state index is 5.30. The highest BCUT2D eigenvalue weighted by Gasteiger charge is 2.08. The number of aromatic nitrogens is 1. The zero-order chi connectivity index (χ0) is 16.2. The molecule has 0 saturated heterocycles. The van der Waals surface area contributed by atoms with Crippen LogP contribution in [0.4, 0.5) is 5.13 Å². The molecule has 0 aliphatic carbocycles. The maximum atomic E-state index is 5.30. The van der Waals surface area contributed by atoms with Gasteiger partial charge in [0.05, 0.1) is 30.7 Å². The second-order valence-corrected chi connectivity index (χ2v) is 6.47. The molecular formula is C16H14BrN3O2S. The molecule has 0 bridgehead atoms. The van der Waals surface area contributed by atoms with E-state index in [1.807, 2.05) is 36.4 Å². The zero-order valence-electron chi connectivity index (χ0n) is 12.5. The first-order chi connectivity index (χ1) is 11.2. The molecule has 2 aromatic carbocycles. The second-order valence-electron chi connectivity index (χ2n) is 4.59. The molecule has 3 aromatic rings. The Kier molecular flexibility index (Phi) is 4.78. The van der Waals surface area contributed by atoms with E-state index in [0.29, 0.717) is 11.5 Å². The lowest BCUT2D eigenvalue weighted by atomic mass is 10.2. The summed E-state index contributed by atoms with van der Waals surface area (Å²) in [5.74, 6) is 1.31. The molecule has 3 rings (SSSR count). The van der Waals surface area contributed by atoms with E-state index in [9.17, 15) is 0 Å². The van der Waals surface area contributed by atoms with Crippen LogP contribution in [-0.2, 0) is 0 Å². The number of thiazole rings is 1. The molecule has 0 fully saturated rings. The van der Waals surface area contributed by atoms with Crippen molar-refractivity contribution in [1.82, 2.24) is 4.98 Å². The Morgan fingerprint density at radius 2 is 1.91 bits per heavy atom. The third-order valence-electron chi connectivity index (χ3n) is 3.16. The first kappa shape index (κ1) is 15.8. The number of rotatable bonds is 5. The van der Waals surface area contributed by atoms with E-state index in [0.717, 1.165) is 25.4 Å². The molecule has 0 saturated carbocycles. The predicted molar refractivity (Wildman–Crippen MR) is 98.1 cm³/mol. The number of nitrogens with one attached hydrogen (secondary N) is 1. The highest BCUT2D eigenvalue weighted by Crippen LogP contribution is 2.32. The number of hydrazone groups is 1. The largest absolute Gasteiger partial charge is 0.493 e. The molecule has 23 heavy (non-hydrogen) atoms. The Morgan fingerprint density at radius 1 is 1.17 bits per heavy atom. The molecule has 0 radical (unpaired) electrons. The Hall–Kier alpha value is -2.12. The van der Waals surface area contributed by atoms with Crippen molar-refractivity contribution in [3.8, 4) is 11.5 Å². The van der Waals surface area contributed by atoms with E-state index in [4.69, 9.17) is 9.47 Å². The molecule has 0 atom stereocenters. The molecule has 118 valence electrons. The molecule has 0 spiro atoms. The molecule has 7 heteroatoms. The van der Waals surface area contributed by atoms with E-state index < -0.39 is 0 Å². The van der Waals surface area contributed by atoms with Crippen LogP contribution < -0.4 is 14.9 Å². The number of hydrogen-bond donors (Lipinski definition) is 1. The maximum Gasteiger partial charge on any atom is 0.204 e. The fourth-order valence-corrected chi connectivity index (χ4v) is 3.29.